The van der Waals surface area contributed by atoms with Gasteiger partial charge >= 0.3 is 0 Å². The highest BCUT2D eigenvalue weighted by Gasteiger charge is 2.25. The standard InChI is InChI=1S/C21H19FN2O2/c1-3-15-4-10-18(11-5-15)24-21(26)19(13-23)20(25)12-14(2)16-6-8-17(22)9-7-16/h4-12,19H,3H2,1-2H3,(H,24,26)/b14-12+. The van der Waals surface area contributed by atoms with Gasteiger partial charge < -0.3 is 5.32 Å². The van der Waals surface area contributed by atoms with Gasteiger partial charge in [-0.3, -0.25) is 9.59 Å². The molecule has 5 heteroatoms. The molecule has 2 rings (SSSR count). The number of hydrogen-bond acceptors (Lipinski definition) is 3. The largest absolute Gasteiger partial charge is 0.325 e. The van der Waals surface area contributed by atoms with Crippen molar-refractivity contribution in [2.45, 2.75) is 20.3 Å². The van der Waals surface area contributed by atoms with Crippen molar-refractivity contribution in [1.29, 1.82) is 5.26 Å². The van der Waals surface area contributed by atoms with Crippen LogP contribution in [0.15, 0.2) is 54.6 Å². The van der Waals surface area contributed by atoms with Gasteiger partial charge in [0.15, 0.2) is 11.7 Å². The monoisotopic (exact) mass is 350 g/mol. The van der Waals surface area contributed by atoms with Gasteiger partial charge in [0.25, 0.3) is 0 Å². The van der Waals surface area contributed by atoms with Gasteiger partial charge in [0.1, 0.15) is 5.82 Å². The number of nitrogens with one attached hydrogen (secondary N) is 1. The maximum absolute atomic E-state index is 13.0. The number of anilines is 1. The zero-order chi connectivity index (χ0) is 19.1. The average molecular weight is 350 g/mol. The van der Waals surface area contributed by atoms with Crippen LogP contribution in [-0.2, 0) is 16.0 Å². The lowest BCUT2D eigenvalue weighted by molar-refractivity contribution is -0.126. The quantitative estimate of drug-likeness (QED) is 0.629. The number of hydrogen-bond donors (Lipinski definition) is 1. The molecule has 1 atom stereocenters. The van der Waals surface area contributed by atoms with Gasteiger partial charge in [-0.2, -0.15) is 5.26 Å². The first-order valence-electron chi connectivity index (χ1n) is 8.22. The first-order chi connectivity index (χ1) is 12.4. The predicted octanol–water partition coefficient (Wildman–Crippen LogP) is 4.14. The molecule has 2 aromatic rings. The normalized spacial score (nSPS) is 12.2. The molecule has 0 aliphatic rings. The molecule has 1 amide bonds. The van der Waals surface area contributed by atoms with E-state index in [1.807, 2.05) is 19.1 Å². The number of allylic oxidation sites excluding steroid dienone is 2. The van der Waals surface area contributed by atoms with Crippen LogP contribution < -0.4 is 5.32 Å². The second-order valence-corrected chi connectivity index (χ2v) is 5.84. The lowest BCUT2D eigenvalue weighted by Gasteiger charge is -2.09. The van der Waals surface area contributed by atoms with Crippen molar-refractivity contribution in [2.75, 3.05) is 5.32 Å². The van der Waals surface area contributed by atoms with Crippen LogP contribution in [0.25, 0.3) is 5.57 Å². The smallest absolute Gasteiger partial charge is 0.249 e. The van der Waals surface area contributed by atoms with E-state index >= 15 is 0 Å². The van der Waals surface area contributed by atoms with Crippen molar-refractivity contribution in [3.8, 4) is 6.07 Å². The summed E-state index contributed by atoms with van der Waals surface area (Å²) in [5.41, 5.74) is 2.84. The van der Waals surface area contributed by atoms with E-state index in [2.05, 4.69) is 5.32 Å². The molecule has 4 nitrogen and oxygen atoms in total. The molecule has 0 radical (unpaired) electrons. The van der Waals surface area contributed by atoms with Crippen molar-refractivity contribution >= 4 is 23.0 Å². The van der Waals surface area contributed by atoms with Crippen LogP contribution in [0.4, 0.5) is 10.1 Å². The van der Waals surface area contributed by atoms with Gasteiger partial charge in [-0.1, -0.05) is 31.2 Å². The van der Waals surface area contributed by atoms with Gasteiger partial charge in [0.05, 0.1) is 6.07 Å². The van der Waals surface area contributed by atoms with E-state index in [1.54, 1.807) is 25.1 Å². The molecule has 0 bridgehead atoms. The number of carbonyl (C=O) groups is 2. The fourth-order valence-electron chi connectivity index (χ4n) is 2.38. The third kappa shape index (κ3) is 4.87. The molecular weight excluding hydrogens is 331 g/mol. The number of amides is 1. The minimum absolute atomic E-state index is 0.378. The number of rotatable bonds is 6. The number of carbonyl (C=O) groups excluding carboxylic acids is 2. The van der Waals surface area contributed by atoms with Crippen LogP contribution in [-0.4, -0.2) is 11.7 Å². The fourth-order valence-corrected chi connectivity index (χ4v) is 2.38. The number of halogens is 1. The summed E-state index contributed by atoms with van der Waals surface area (Å²) >= 11 is 0. The van der Waals surface area contributed by atoms with Crippen molar-refractivity contribution in [3.05, 3.63) is 71.6 Å². The van der Waals surface area contributed by atoms with E-state index < -0.39 is 17.6 Å². The summed E-state index contributed by atoms with van der Waals surface area (Å²) in [6.07, 6.45) is 2.11. The number of aryl methyl sites for hydroxylation is 1. The first kappa shape index (κ1) is 19.1. The Kier molecular flexibility index (Phi) is 6.40. The molecule has 0 aliphatic carbocycles. The van der Waals surface area contributed by atoms with Crippen LogP contribution in [0, 0.1) is 23.1 Å². The molecule has 0 spiro atoms. The maximum atomic E-state index is 13.0. The summed E-state index contributed by atoms with van der Waals surface area (Å²) in [7, 11) is 0. The Bertz CT molecular complexity index is 862. The molecule has 0 aromatic heterocycles. The third-order valence-corrected chi connectivity index (χ3v) is 3.96. The minimum atomic E-state index is -1.45. The zero-order valence-corrected chi connectivity index (χ0v) is 14.6. The Morgan fingerprint density at radius 1 is 1.15 bits per heavy atom. The molecule has 0 heterocycles. The molecule has 26 heavy (non-hydrogen) atoms. The van der Waals surface area contributed by atoms with Gasteiger partial charge in [-0.25, -0.2) is 4.39 Å². The number of nitrogens with zero attached hydrogens (tertiary/aromatic N) is 1. The lowest BCUT2D eigenvalue weighted by Crippen LogP contribution is -2.27. The summed E-state index contributed by atoms with van der Waals surface area (Å²) in [5.74, 6) is -3.12. The minimum Gasteiger partial charge on any atom is -0.325 e. The number of benzene rings is 2. The Morgan fingerprint density at radius 2 is 1.77 bits per heavy atom. The molecule has 0 saturated heterocycles. The SMILES string of the molecule is CCc1ccc(NC(=O)C(C#N)C(=O)/C=C(\C)c2ccc(F)cc2)cc1. The zero-order valence-electron chi connectivity index (χ0n) is 14.6. The second-order valence-electron chi connectivity index (χ2n) is 5.84. The van der Waals surface area contributed by atoms with Gasteiger partial charge in [0, 0.05) is 5.69 Å². The Hall–Kier alpha value is -3.26. The Morgan fingerprint density at radius 3 is 2.31 bits per heavy atom. The average Bonchev–Trinajstić information content (AvgIpc) is 2.63. The van der Waals surface area contributed by atoms with Crippen LogP contribution in [0.3, 0.4) is 0 Å². The molecule has 2 aromatic carbocycles. The Labute approximate surface area is 152 Å². The summed E-state index contributed by atoms with van der Waals surface area (Å²) < 4.78 is 13.0. The molecule has 0 saturated carbocycles. The second kappa shape index (κ2) is 8.72. The van der Waals surface area contributed by atoms with E-state index in [4.69, 9.17) is 0 Å². The molecular formula is C21H19FN2O2. The van der Waals surface area contributed by atoms with E-state index in [0.717, 1.165) is 12.0 Å². The lowest BCUT2D eigenvalue weighted by atomic mass is 9.99. The molecule has 0 fully saturated rings. The molecule has 1 N–H and O–H groups in total. The molecule has 132 valence electrons. The van der Waals surface area contributed by atoms with Gasteiger partial charge in [-0.05, 0) is 60.4 Å². The summed E-state index contributed by atoms with van der Waals surface area (Å²) in [5, 5.41) is 11.8. The highest BCUT2D eigenvalue weighted by molar-refractivity contribution is 6.14. The van der Waals surface area contributed by atoms with Crippen molar-refractivity contribution in [1.82, 2.24) is 0 Å². The van der Waals surface area contributed by atoms with Crippen LogP contribution in [0.1, 0.15) is 25.0 Å². The molecule has 0 aliphatic heterocycles. The first-order valence-corrected chi connectivity index (χ1v) is 8.22. The molecule has 1 unspecified atom stereocenters. The van der Waals surface area contributed by atoms with Crippen molar-refractivity contribution in [2.24, 2.45) is 5.92 Å². The summed E-state index contributed by atoms with van der Waals surface area (Å²) in [6, 6.07) is 14.6. The fraction of sp³-hybridized carbons (Fsp3) is 0.190. The predicted molar refractivity (Wildman–Crippen MR) is 98.6 cm³/mol. The Balaban J connectivity index is 2.11. The summed E-state index contributed by atoms with van der Waals surface area (Å²) in [4.78, 5) is 24.6. The third-order valence-electron chi connectivity index (χ3n) is 3.96. The number of ketones is 1. The van der Waals surface area contributed by atoms with E-state index in [1.165, 1.54) is 30.3 Å². The van der Waals surface area contributed by atoms with Crippen LogP contribution in [0.2, 0.25) is 0 Å². The topological polar surface area (TPSA) is 70.0 Å². The van der Waals surface area contributed by atoms with E-state index in [0.29, 0.717) is 16.8 Å². The highest BCUT2D eigenvalue weighted by atomic mass is 19.1. The van der Waals surface area contributed by atoms with Crippen LogP contribution >= 0.6 is 0 Å². The number of nitriles is 1. The summed E-state index contributed by atoms with van der Waals surface area (Å²) in [6.45, 7) is 3.69. The highest BCUT2D eigenvalue weighted by Crippen LogP contribution is 2.17. The van der Waals surface area contributed by atoms with E-state index in [9.17, 15) is 19.2 Å². The van der Waals surface area contributed by atoms with Gasteiger partial charge in [-0.15, -0.1) is 0 Å². The van der Waals surface area contributed by atoms with Gasteiger partial charge in [0.2, 0.25) is 5.91 Å². The van der Waals surface area contributed by atoms with Crippen molar-refractivity contribution < 1.29 is 14.0 Å². The van der Waals surface area contributed by atoms with Crippen molar-refractivity contribution in [3.63, 3.8) is 0 Å². The van der Waals surface area contributed by atoms with E-state index in [-0.39, 0.29) is 5.82 Å². The maximum Gasteiger partial charge on any atom is 0.249 e. The van der Waals surface area contributed by atoms with Crippen LogP contribution in [0.5, 0.6) is 0 Å².